The highest BCUT2D eigenvalue weighted by molar-refractivity contribution is 5.02. The van der Waals surface area contributed by atoms with Gasteiger partial charge < -0.3 is 0 Å². The van der Waals surface area contributed by atoms with Gasteiger partial charge in [0.2, 0.25) is 5.95 Å². The van der Waals surface area contributed by atoms with Gasteiger partial charge in [-0.25, -0.2) is 0 Å². The Morgan fingerprint density at radius 2 is 2.20 bits per heavy atom. The molecule has 1 aromatic heterocycles. The molecular weight excluding hydrogens is 131 g/mol. The Bertz CT molecular complexity index is 208. The number of aryl methyl sites for hydroxylation is 1. The average Bonchev–Trinajstić information content (AvgIpc) is 2.13. The van der Waals surface area contributed by atoms with Crippen molar-refractivity contribution in [2.75, 3.05) is 0 Å². The van der Waals surface area contributed by atoms with E-state index in [0.717, 1.165) is 0 Å². The molecule has 0 unspecified atom stereocenters. The van der Waals surface area contributed by atoms with Gasteiger partial charge in [-0.05, 0) is 20.8 Å². The molecule has 1 heterocycles. The van der Waals surface area contributed by atoms with Crippen LogP contribution in [0.5, 0.6) is 0 Å². The molecule has 0 spiro atoms. The number of rotatable bonds is 1. The molecule has 0 radical (unpaired) electrons. The first-order chi connectivity index (χ1) is 4.61. The maximum atomic E-state index is 12.6. The highest BCUT2D eigenvalue weighted by Crippen LogP contribution is 2.07. The first-order valence-electron chi connectivity index (χ1n) is 3.32. The normalized spacial score (nSPS) is 10.9. The van der Waals surface area contributed by atoms with E-state index < -0.39 is 0 Å². The molecule has 56 valence electrons. The lowest BCUT2D eigenvalue weighted by atomic mass is 10.4. The third kappa shape index (κ3) is 1.17. The molecule has 0 aliphatic rings. The van der Waals surface area contributed by atoms with Crippen LogP contribution in [0, 0.1) is 12.9 Å². The highest BCUT2D eigenvalue weighted by atomic mass is 19.1. The molecule has 0 aromatic carbocycles. The van der Waals surface area contributed by atoms with Crippen LogP contribution in [-0.4, -0.2) is 9.78 Å². The smallest absolute Gasteiger partial charge is 0.235 e. The largest absolute Gasteiger partial charge is 0.267 e. The molecule has 0 bridgehead atoms. The Balaban J connectivity index is 2.98. The van der Waals surface area contributed by atoms with Crippen LogP contribution < -0.4 is 0 Å². The van der Waals surface area contributed by atoms with Crippen LogP contribution in [0.3, 0.4) is 0 Å². The molecule has 0 N–H and O–H groups in total. The van der Waals surface area contributed by atoms with E-state index in [4.69, 9.17) is 0 Å². The van der Waals surface area contributed by atoms with Crippen molar-refractivity contribution in [1.29, 1.82) is 0 Å². The monoisotopic (exact) mass is 142 g/mol. The lowest BCUT2D eigenvalue weighted by Crippen LogP contribution is -2.00. The standard InChI is InChI=1S/C7H11FN2/c1-5(2)10-4-6(3)7(8)9-10/h4-5H,1-3H3. The molecule has 0 aliphatic heterocycles. The van der Waals surface area contributed by atoms with Gasteiger partial charge in [-0.1, -0.05) is 0 Å². The lowest BCUT2D eigenvalue weighted by molar-refractivity contribution is 0.480. The summed E-state index contributed by atoms with van der Waals surface area (Å²) in [6, 6.07) is 0.239. The van der Waals surface area contributed by atoms with E-state index in [1.165, 1.54) is 0 Å². The number of nitrogens with zero attached hydrogens (tertiary/aromatic N) is 2. The van der Waals surface area contributed by atoms with Crippen LogP contribution in [0.1, 0.15) is 25.5 Å². The Morgan fingerprint density at radius 3 is 2.40 bits per heavy atom. The first kappa shape index (κ1) is 7.25. The molecule has 1 aromatic rings. The van der Waals surface area contributed by atoms with Crippen molar-refractivity contribution in [1.82, 2.24) is 9.78 Å². The summed E-state index contributed by atoms with van der Waals surface area (Å²) in [7, 11) is 0. The van der Waals surface area contributed by atoms with E-state index in [2.05, 4.69) is 5.10 Å². The van der Waals surface area contributed by atoms with Gasteiger partial charge in [0.05, 0.1) is 0 Å². The van der Waals surface area contributed by atoms with Crippen molar-refractivity contribution >= 4 is 0 Å². The summed E-state index contributed by atoms with van der Waals surface area (Å²) in [6.45, 7) is 5.64. The molecule has 0 amide bonds. The van der Waals surface area contributed by atoms with Gasteiger partial charge in [0, 0.05) is 17.8 Å². The van der Waals surface area contributed by atoms with Crippen LogP contribution in [-0.2, 0) is 0 Å². The fourth-order valence-electron chi connectivity index (χ4n) is 0.725. The Kier molecular flexibility index (Phi) is 1.74. The van der Waals surface area contributed by atoms with Crippen LogP contribution in [0.15, 0.2) is 6.20 Å². The van der Waals surface area contributed by atoms with Crippen LogP contribution in [0.4, 0.5) is 4.39 Å². The molecular formula is C7H11FN2. The summed E-state index contributed by atoms with van der Waals surface area (Å²) >= 11 is 0. The van der Waals surface area contributed by atoms with Crippen molar-refractivity contribution in [2.24, 2.45) is 0 Å². The zero-order valence-corrected chi connectivity index (χ0v) is 6.43. The van der Waals surface area contributed by atoms with Gasteiger partial charge in [-0.3, -0.25) is 4.68 Å². The molecule has 3 heteroatoms. The Labute approximate surface area is 59.7 Å². The fourth-order valence-corrected chi connectivity index (χ4v) is 0.725. The first-order valence-corrected chi connectivity index (χ1v) is 3.32. The molecule has 0 fully saturated rings. The third-order valence-corrected chi connectivity index (χ3v) is 1.38. The van der Waals surface area contributed by atoms with E-state index in [0.29, 0.717) is 5.56 Å². The predicted molar refractivity (Wildman–Crippen MR) is 37.3 cm³/mol. The lowest BCUT2D eigenvalue weighted by Gasteiger charge is -2.01. The van der Waals surface area contributed by atoms with Gasteiger partial charge >= 0.3 is 0 Å². The zero-order chi connectivity index (χ0) is 7.72. The van der Waals surface area contributed by atoms with E-state index in [1.54, 1.807) is 17.8 Å². The van der Waals surface area contributed by atoms with Crippen molar-refractivity contribution in [3.63, 3.8) is 0 Å². The van der Waals surface area contributed by atoms with Crippen molar-refractivity contribution < 1.29 is 4.39 Å². The predicted octanol–water partition coefficient (Wildman–Crippen LogP) is 1.91. The summed E-state index contributed by atoms with van der Waals surface area (Å²) in [5.74, 6) is -0.367. The molecule has 10 heavy (non-hydrogen) atoms. The van der Waals surface area contributed by atoms with Crippen LogP contribution in [0.2, 0.25) is 0 Å². The van der Waals surface area contributed by atoms with E-state index in [1.807, 2.05) is 13.8 Å². The summed E-state index contributed by atoms with van der Waals surface area (Å²) < 4.78 is 14.2. The third-order valence-electron chi connectivity index (χ3n) is 1.38. The maximum Gasteiger partial charge on any atom is 0.235 e. The molecule has 2 nitrogen and oxygen atoms in total. The van der Waals surface area contributed by atoms with Crippen molar-refractivity contribution in [3.8, 4) is 0 Å². The molecule has 1 rings (SSSR count). The van der Waals surface area contributed by atoms with E-state index in [-0.39, 0.29) is 12.0 Å². The second-order valence-electron chi connectivity index (χ2n) is 2.68. The number of hydrogen-bond acceptors (Lipinski definition) is 1. The van der Waals surface area contributed by atoms with Gasteiger partial charge in [-0.15, -0.1) is 5.10 Å². The number of halogens is 1. The minimum atomic E-state index is -0.367. The molecule has 0 saturated carbocycles. The quantitative estimate of drug-likeness (QED) is 0.585. The number of aromatic nitrogens is 2. The summed E-state index contributed by atoms with van der Waals surface area (Å²) in [5, 5.41) is 3.66. The summed E-state index contributed by atoms with van der Waals surface area (Å²) in [4.78, 5) is 0. The van der Waals surface area contributed by atoms with E-state index in [9.17, 15) is 4.39 Å². The van der Waals surface area contributed by atoms with Gasteiger partial charge in [0.15, 0.2) is 0 Å². The number of hydrogen-bond donors (Lipinski definition) is 0. The summed E-state index contributed by atoms with van der Waals surface area (Å²) in [5.41, 5.74) is 0.605. The van der Waals surface area contributed by atoms with Gasteiger partial charge in [0.1, 0.15) is 0 Å². The SMILES string of the molecule is Cc1cn(C(C)C)nc1F. The highest BCUT2D eigenvalue weighted by Gasteiger charge is 2.04. The molecule has 0 saturated heterocycles. The average molecular weight is 142 g/mol. The molecule has 0 aliphatic carbocycles. The second-order valence-corrected chi connectivity index (χ2v) is 2.68. The van der Waals surface area contributed by atoms with E-state index >= 15 is 0 Å². The van der Waals surface area contributed by atoms with Crippen molar-refractivity contribution in [2.45, 2.75) is 26.8 Å². The van der Waals surface area contributed by atoms with Gasteiger partial charge in [-0.2, -0.15) is 4.39 Å². The Hall–Kier alpha value is -0.860. The minimum Gasteiger partial charge on any atom is -0.267 e. The second kappa shape index (κ2) is 2.40. The fraction of sp³-hybridized carbons (Fsp3) is 0.571. The van der Waals surface area contributed by atoms with Gasteiger partial charge in [0.25, 0.3) is 0 Å². The van der Waals surface area contributed by atoms with Crippen LogP contribution in [0.25, 0.3) is 0 Å². The zero-order valence-electron chi connectivity index (χ0n) is 6.43. The Morgan fingerprint density at radius 1 is 1.60 bits per heavy atom. The minimum absolute atomic E-state index is 0.239. The maximum absolute atomic E-state index is 12.6. The summed E-state index contributed by atoms with van der Waals surface area (Å²) in [6.07, 6.45) is 1.71. The topological polar surface area (TPSA) is 17.8 Å². The molecule has 0 atom stereocenters. The van der Waals surface area contributed by atoms with Crippen LogP contribution >= 0.6 is 0 Å². The van der Waals surface area contributed by atoms with Crippen molar-refractivity contribution in [3.05, 3.63) is 17.7 Å².